The van der Waals surface area contributed by atoms with Crippen molar-refractivity contribution < 1.29 is 23.9 Å². The first kappa shape index (κ1) is 16.3. The molecule has 1 rings (SSSR count). The zero-order valence-corrected chi connectivity index (χ0v) is 11.8. The Morgan fingerprint density at radius 3 is 2.00 bits per heavy atom. The lowest BCUT2D eigenvalue weighted by molar-refractivity contribution is -0.144. The Balaban J connectivity index is 3.02. The molecule has 0 aliphatic heterocycles. The third-order valence-corrected chi connectivity index (χ3v) is 2.69. The Kier molecular flexibility index (Phi) is 5.53. The molecule has 0 saturated heterocycles. The van der Waals surface area contributed by atoms with Gasteiger partial charge in [-0.2, -0.15) is 0 Å². The number of amides is 1. The molecular weight excluding hydrogens is 278 g/mol. The van der Waals surface area contributed by atoms with Crippen LogP contribution in [0.1, 0.15) is 10.4 Å². The van der Waals surface area contributed by atoms with E-state index in [4.69, 9.17) is 11.5 Å². The summed E-state index contributed by atoms with van der Waals surface area (Å²) in [6.45, 7) is -0.789. The molecule has 21 heavy (non-hydrogen) atoms. The lowest BCUT2D eigenvalue weighted by atomic mass is 10.1. The van der Waals surface area contributed by atoms with Crippen molar-refractivity contribution >= 4 is 29.2 Å². The highest BCUT2D eigenvalue weighted by Gasteiger charge is 2.23. The van der Waals surface area contributed by atoms with Crippen LogP contribution in [-0.2, 0) is 19.1 Å². The summed E-state index contributed by atoms with van der Waals surface area (Å²) in [6.07, 6.45) is 0. The minimum absolute atomic E-state index is 0.136. The van der Waals surface area contributed by atoms with Crippen molar-refractivity contribution in [1.29, 1.82) is 0 Å². The van der Waals surface area contributed by atoms with E-state index in [1.54, 1.807) is 0 Å². The Hall–Kier alpha value is -2.77. The van der Waals surface area contributed by atoms with Crippen molar-refractivity contribution in [3.63, 3.8) is 0 Å². The van der Waals surface area contributed by atoms with E-state index in [9.17, 15) is 14.4 Å². The predicted molar refractivity (Wildman–Crippen MR) is 75.2 cm³/mol. The van der Waals surface area contributed by atoms with Gasteiger partial charge in [-0.25, -0.2) is 0 Å². The van der Waals surface area contributed by atoms with E-state index >= 15 is 0 Å². The number of hydrogen-bond acceptors (Lipinski definition) is 7. The van der Waals surface area contributed by atoms with Crippen LogP contribution in [0.15, 0.2) is 18.2 Å². The van der Waals surface area contributed by atoms with Crippen LogP contribution in [0.4, 0.5) is 11.4 Å². The van der Waals surface area contributed by atoms with Crippen molar-refractivity contribution in [3.8, 4) is 0 Å². The van der Waals surface area contributed by atoms with Gasteiger partial charge in [0.15, 0.2) is 0 Å². The molecule has 0 atom stereocenters. The average molecular weight is 295 g/mol. The second kappa shape index (κ2) is 7.13. The number of benzene rings is 1. The smallest absolute Gasteiger partial charge is 0.325 e. The fourth-order valence-electron chi connectivity index (χ4n) is 1.59. The molecule has 8 nitrogen and oxygen atoms in total. The molecule has 114 valence electrons. The number of nitrogens with zero attached hydrogens (tertiary/aromatic N) is 1. The fraction of sp³-hybridized carbons (Fsp3) is 0.308. The van der Waals surface area contributed by atoms with Gasteiger partial charge in [0.25, 0.3) is 5.91 Å². The number of methoxy groups -OCH3 is 2. The molecule has 0 heterocycles. The second-order valence-electron chi connectivity index (χ2n) is 4.16. The first-order valence-corrected chi connectivity index (χ1v) is 5.97. The Morgan fingerprint density at radius 1 is 1.05 bits per heavy atom. The molecular formula is C13H17N3O5. The summed E-state index contributed by atoms with van der Waals surface area (Å²) in [7, 11) is 2.36. The van der Waals surface area contributed by atoms with Gasteiger partial charge in [0.1, 0.15) is 13.1 Å². The van der Waals surface area contributed by atoms with Crippen LogP contribution in [-0.4, -0.2) is 50.1 Å². The van der Waals surface area contributed by atoms with Gasteiger partial charge < -0.3 is 25.8 Å². The number of nitrogens with two attached hydrogens (primary N) is 2. The van der Waals surface area contributed by atoms with Gasteiger partial charge in [-0.1, -0.05) is 0 Å². The molecule has 1 aromatic carbocycles. The van der Waals surface area contributed by atoms with Gasteiger partial charge in [-0.3, -0.25) is 14.4 Å². The van der Waals surface area contributed by atoms with Gasteiger partial charge in [0, 0.05) is 11.4 Å². The van der Waals surface area contributed by atoms with Gasteiger partial charge in [0.05, 0.1) is 19.8 Å². The molecule has 0 unspecified atom stereocenters. The minimum atomic E-state index is -0.665. The SMILES string of the molecule is COC(=O)CN(CC(=O)OC)C(=O)c1ccc(N)cc1N. The monoisotopic (exact) mass is 295 g/mol. The minimum Gasteiger partial charge on any atom is -0.468 e. The molecule has 0 aromatic heterocycles. The largest absolute Gasteiger partial charge is 0.468 e. The van der Waals surface area contributed by atoms with E-state index < -0.39 is 30.9 Å². The molecule has 8 heteroatoms. The molecule has 4 N–H and O–H groups in total. The zero-order valence-electron chi connectivity index (χ0n) is 11.8. The molecule has 0 radical (unpaired) electrons. The summed E-state index contributed by atoms with van der Waals surface area (Å²) < 4.78 is 8.99. The Morgan fingerprint density at radius 2 is 1.57 bits per heavy atom. The highest BCUT2D eigenvalue weighted by molar-refractivity contribution is 6.02. The van der Waals surface area contributed by atoms with Gasteiger partial charge in [0.2, 0.25) is 0 Å². The molecule has 1 amide bonds. The van der Waals surface area contributed by atoms with Crippen molar-refractivity contribution in [3.05, 3.63) is 23.8 Å². The average Bonchev–Trinajstić information content (AvgIpc) is 2.45. The molecule has 0 saturated carbocycles. The number of anilines is 2. The summed E-state index contributed by atoms with van der Waals surface area (Å²) in [5.41, 5.74) is 12.0. The Labute approximate surface area is 121 Å². The van der Waals surface area contributed by atoms with Gasteiger partial charge in [-0.05, 0) is 18.2 Å². The number of rotatable bonds is 5. The first-order valence-electron chi connectivity index (χ1n) is 5.97. The number of hydrogen-bond donors (Lipinski definition) is 2. The summed E-state index contributed by atoms with van der Waals surface area (Å²) in [5.74, 6) is -1.93. The molecule has 0 fully saturated rings. The maximum Gasteiger partial charge on any atom is 0.325 e. The summed E-state index contributed by atoms with van der Waals surface area (Å²) in [4.78, 5) is 36.0. The lowest BCUT2D eigenvalue weighted by Crippen LogP contribution is -2.40. The number of nitrogen functional groups attached to an aromatic ring is 2. The van der Waals surface area contributed by atoms with E-state index in [0.29, 0.717) is 5.69 Å². The standard InChI is InChI=1S/C13H17N3O5/c1-20-11(17)6-16(7-12(18)21-2)13(19)9-4-3-8(14)5-10(9)15/h3-5H,6-7,14-15H2,1-2H3. The normalized spacial score (nSPS) is 9.81. The molecule has 0 spiro atoms. The summed E-state index contributed by atoms with van der Waals surface area (Å²) >= 11 is 0. The van der Waals surface area contributed by atoms with Crippen LogP contribution in [0, 0.1) is 0 Å². The second-order valence-corrected chi connectivity index (χ2v) is 4.16. The highest BCUT2D eigenvalue weighted by Crippen LogP contribution is 2.17. The summed E-state index contributed by atoms with van der Waals surface area (Å²) in [5, 5.41) is 0. The molecule has 1 aromatic rings. The highest BCUT2D eigenvalue weighted by atomic mass is 16.5. The van der Waals surface area contributed by atoms with Gasteiger partial charge in [-0.15, -0.1) is 0 Å². The van der Waals surface area contributed by atoms with Crippen LogP contribution in [0.2, 0.25) is 0 Å². The maximum atomic E-state index is 12.4. The third kappa shape index (κ3) is 4.37. The number of carbonyl (C=O) groups excluding carboxylic acids is 3. The molecule has 0 aliphatic carbocycles. The van der Waals surface area contributed by atoms with E-state index in [1.807, 2.05) is 0 Å². The molecule has 0 aliphatic rings. The van der Waals surface area contributed by atoms with Crippen LogP contribution in [0.5, 0.6) is 0 Å². The number of ether oxygens (including phenoxy) is 2. The third-order valence-electron chi connectivity index (χ3n) is 2.69. The Bertz CT molecular complexity index is 541. The van der Waals surface area contributed by atoms with E-state index in [1.165, 1.54) is 32.4 Å². The zero-order chi connectivity index (χ0) is 16.0. The van der Waals surface area contributed by atoms with E-state index in [0.717, 1.165) is 4.90 Å². The summed E-state index contributed by atoms with van der Waals surface area (Å²) in [6, 6.07) is 4.34. The van der Waals surface area contributed by atoms with Gasteiger partial charge >= 0.3 is 11.9 Å². The van der Waals surface area contributed by atoms with Crippen molar-refractivity contribution in [2.24, 2.45) is 0 Å². The van der Waals surface area contributed by atoms with E-state index in [2.05, 4.69) is 9.47 Å². The number of esters is 2. The fourth-order valence-corrected chi connectivity index (χ4v) is 1.59. The van der Waals surface area contributed by atoms with E-state index in [-0.39, 0.29) is 11.3 Å². The van der Waals surface area contributed by atoms with Crippen LogP contribution < -0.4 is 11.5 Å². The first-order chi connectivity index (χ1) is 9.88. The maximum absolute atomic E-state index is 12.4. The van der Waals surface area contributed by atoms with Crippen molar-refractivity contribution in [1.82, 2.24) is 4.90 Å². The lowest BCUT2D eigenvalue weighted by Gasteiger charge is -2.21. The van der Waals surface area contributed by atoms with Crippen molar-refractivity contribution in [2.75, 3.05) is 38.8 Å². The predicted octanol–water partition coefficient (Wildman–Crippen LogP) is -0.361. The van der Waals surface area contributed by atoms with Crippen LogP contribution in [0.3, 0.4) is 0 Å². The quantitative estimate of drug-likeness (QED) is 0.561. The van der Waals surface area contributed by atoms with Crippen LogP contribution in [0.25, 0.3) is 0 Å². The topological polar surface area (TPSA) is 125 Å². The molecule has 0 bridgehead atoms. The van der Waals surface area contributed by atoms with Crippen LogP contribution >= 0.6 is 0 Å². The van der Waals surface area contributed by atoms with Crippen molar-refractivity contribution in [2.45, 2.75) is 0 Å². The number of carbonyl (C=O) groups is 3.